The number of benzene rings is 1. The highest BCUT2D eigenvalue weighted by atomic mass is 16.6. The van der Waals surface area contributed by atoms with E-state index in [0.717, 1.165) is 60.2 Å². The van der Waals surface area contributed by atoms with Gasteiger partial charge in [-0.2, -0.15) is 0 Å². The van der Waals surface area contributed by atoms with Crippen LogP contribution in [0.25, 0.3) is 0 Å². The van der Waals surface area contributed by atoms with E-state index in [9.17, 15) is 0 Å². The second kappa shape index (κ2) is 7.65. The van der Waals surface area contributed by atoms with Gasteiger partial charge in [-0.3, -0.25) is 0 Å². The second-order valence-corrected chi connectivity index (χ2v) is 14.8. The quantitative estimate of drug-likeness (QED) is 0.408. The van der Waals surface area contributed by atoms with Crippen molar-refractivity contribution in [3.05, 3.63) is 23.3 Å². The molecule has 2 saturated heterocycles. The first-order chi connectivity index (χ1) is 17.6. The second-order valence-electron chi connectivity index (χ2n) is 14.8. The van der Waals surface area contributed by atoms with E-state index in [0.29, 0.717) is 18.6 Å². The average Bonchev–Trinajstić information content (AvgIpc) is 3.75. The van der Waals surface area contributed by atoms with E-state index in [1.165, 1.54) is 88.2 Å². The number of rotatable bonds is 8. The number of ether oxygens (including phenoxy) is 4. The predicted molar refractivity (Wildman–Crippen MR) is 137 cm³/mol. The molecule has 1 aromatic rings. The molecule has 8 aliphatic carbocycles. The standard InChI is InChI=1S/C32H42O4/c1-19-2-21-3-20(1)10-31(9-19,11-21)25-7-28(35-17-26-15-33-26)30(29(8-25)36-18-27-16-34-27)32-12-22-4-23(13-32)6-24(5-22)14-32/h7-8,19-24,26-27H,1-6,9-18H2. The fourth-order valence-corrected chi connectivity index (χ4v) is 11.2. The van der Waals surface area contributed by atoms with Crippen LogP contribution in [0.1, 0.15) is 88.2 Å². The van der Waals surface area contributed by atoms with Gasteiger partial charge in [0.25, 0.3) is 0 Å². The minimum Gasteiger partial charge on any atom is -0.490 e. The molecule has 2 aliphatic heterocycles. The highest BCUT2D eigenvalue weighted by Crippen LogP contribution is 2.65. The van der Waals surface area contributed by atoms with Gasteiger partial charge >= 0.3 is 0 Å². The first kappa shape index (κ1) is 21.6. The molecule has 10 aliphatic rings. The highest BCUT2D eigenvalue weighted by molar-refractivity contribution is 5.55. The van der Waals surface area contributed by atoms with Crippen molar-refractivity contribution in [3.63, 3.8) is 0 Å². The Bertz CT molecular complexity index is 945. The van der Waals surface area contributed by atoms with Gasteiger partial charge in [0.2, 0.25) is 0 Å². The molecule has 10 fully saturated rings. The van der Waals surface area contributed by atoms with E-state index in [1.54, 1.807) is 0 Å². The van der Waals surface area contributed by atoms with Crippen molar-refractivity contribution in [2.24, 2.45) is 35.5 Å². The van der Waals surface area contributed by atoms with E-state index in [2.05, 4.69) is 12.1 Å². The van der Waals surface area contributed by atoms with Crippen LogP contribution in [0.3, 0.4) is 0 Å². The van der Waals surface area contributed by atoms with Crippen molar-refractivity contribution in [1.29, 1.82) is 0 Å². The molecule has 1 aromatic carbocycles. The molecule has 0 spiro atoms. The maximum Gasteiger partial charge on any atom is 0.127 e. The van der Waals surface area contributed by atoms with Crippen LogP contribution < -0.4 is 9.47 Å². The van der Waals surface area contributed by atoms with Crippen molar-refractivity contribution < 1.29 is 18.9 Å². The third-order valence-electron chi connectivity index (χ3n) is 11.9. The van der Waals surface area contributed by atoms with Crippen molar-refractivity contribution in [2.45, 2.75) is 100 Å². The molecule has 8 saturated carbocycles. The van der Waals surface area contributed by atoms with Gasteiger partial charge in [-0.05, 0) is 136 Å². The monoisotopic (exact) mass is 490 g/mol. The third-order valence-corrected chi connectivity index (χ3v) is 11.9. The molecule has 4 heteroatoms. The van der Waals surface area contributed by atoms with Gasteiger partial charge in [0.1, 0.15) is 36.9 Å². The maximum atomic E-state index is 6.78. The van der Waals surface area contributed by atoms with Gasteiger partial charge in [0.15, 0.2) is 0 Å². The normalized spacial score (nSPS) is 48.9. The van der Waals surface area contributed by atoms with Gasteiger partial charge in [-0.15, -0.1) is 0 Å². The zero-order valence-electron chi connectivity index (χ0n) is 21.7. The summed E-state index contributed by atoms with van der Waals surface area (Å²) in [6.07, 6.45) is 17.5. The first-order valence-corrected chi connectivity index (χ1v) is 15.3. The molecule has 2 heterocycles. The lowest BCUT2D eigenvalue weighted by Gasteiger charge is -2.58. The Morgan fingerprint density at radius 1 is 0.583 bits per heavy atom. The lowest BCUT2D eigenvalue weighted by molar-refractivity contribution is -0.00929. The topological polar surface area (TPSA) is 43.5 Å². The van der Waals surface area contributed by atoms with Gasteiger partial charge in [0.05, 0.1) is 13.2 Å². The number of hydrogen-bond donors (Lipinski definition) is 0. The summed E-state index contributed by atoms with van der Waals surface area (Å²) in [5, 5.41) is 0. The van der Waals surface area contributed by atoms with Crippen LogP contribution in [0.4, 0.5) is 0 Å². The predicted octanol–water partition coefficient (Wildman–Crippen LogP) is 6.18. The Balaban J connectivity index is 1.17. The smallest absolute Gasteiger partial charge is 0.127 e. The lowest BCUT2D eigenvalue weighted by atomic mass is 9.47. The average molecular weight is 491 g/mol. The Morgan fingerprint density at radius 2 is 0.944 bits per heavy atom. The molecule has 2 atom stereocenters. The molecule has 8 bridgehead atoms. The van der Waals surface area contributed by atoms with Crippen LogP contribution in [0, 0.1) is 35.5 Å². The van der Waals surface area contributed by atoms with Gasteiger partial charge < -0.3 is 18.9 Å². The van der Waals surface area contributed by atoms with E-state index < -0.39 is 0 Å². The van der Waals surface area contributed by atoms with E-state index in [1.807, 2.05) is 0 Å². The van der Waals surface area contributed by atoms with Gasteiger partial charge in [0, 0.05) is 11.0 Å². The summed E-state index contributed by atoms with van der Waals surface area (Å²) in [5.41, 5.74) is 3.57. The summed E-state index contributed by atoms with van der Waals surface area (Å²) in [6, 6.07) is 5.06. The summed E-state index contributed by atoms with van der Waals surface area (Å²) in [4.78, 5) is 0. The summed E-state index contributed by atoms with van der Waals surface area (Å²) in [5.74, 6) is 7.84. The Morgan fingerprint density at radius 3 is 1.31 bits per heavy atom. The number of hydrogen-bond acceptors (Lipinski definition) is 4. The van der Waals surface area contributed by atoms with Crippen LogP contribution in [0.5, 0.6) is 11.5 Å². The van der Waals surface area contributed by atoms with Crippen molar-refractivity contribution >= 4 is 0 Å². The molecule has 0 radical (unpaired) electrons. The first-order valence-electron chi connectivity index (χ1n) is 15.3. The van der Waals surface area contributed by atoms with Crippen LogP contribution in [0.15, 0.2) is 12.1 Å². The third kappa shape index (κ3) is 3.52. The van der Waals surface area contributed by atoms with E-state index in [4.69, 9.17) is 18.9 Å². The van der Waals surface area contributed by atoms with Crippen molar-refractivity contribution in [1.82, 2.24) is 0 Å². The molecule has 11 rings (SSSR count). The van der Waals surface area contributed by atoms with Crippen molar-refractivity contribution in [3.8, 4) is 11.5 Å². The Kier molecular flexibility index (Phi) is 4.60. The number of epoxide rings is 2. The van der Waals surface area contributed by atoms with Gasteiger partial charge in [-0.25, -0.2) is 0 Å². The van der Waals surface area contributed by atoms with Crippen LogP contribution in [-0.2, 0) is 20.3 Å². The molecule has 2 unspecified atom stereocenters. The SMILES string of the molecule is c1c(C23CC4CC(CC(C4)C2)C3)cc(OCC2CO2)c(C23CC4CC(CC(C4)C2)C3)c1OCC1CO1. The minimum absolute atomic E-state index is 0.244. The van der Waals surface area contributed by atoms with Gasteiger partial charge in [-0.1, -0.05) is 0 Å². The Hall–Kier alpha value is -1.26. The molecular weight excluding hydrogens is 448 g/mol. The van der Waals surface area contributed by atoms with E-state index in [-0.39, 0.29) is 17.6 Å². The Labute approximate surface area is 215 Å². The highest BCUT2D eigenvalue weighted by Gasteiger charge is 2.55. The van der Waals surface area contributed by atoms with Crippen LogP contribution in [0.2, 0.25) is 0 Å². The summed E-state index contributed by atoms with van der Waals surface area (Å²) in [7, 11) is 0. The summed E-state index contributed by atoms with van der Waals surface area (Å²) >= 11 is 0. The zero-order chi connectivity index (χ0) is 23.5. The molecule has 194 valence electrons. The molecular formula is C32H42O4. The summed E-state index contributed by atoms with van der Waals surface area (Å²) in [6.45, 7) is 3.08. The zero-order valence-corrected chi connectivity index (χ0v) is 21.7. The molecule has 36 heavy (non-hydrogen) atoms. The van der Waals surface area contributed by atoms with E-state index >= 15 is 0 Å². The van der Waals surface area contributed by atoms with Crippen LogP contribution in [-0.4, -0.2) is 38.6 Å². The molecule has 0 amide bonds. The fourth-order valence-electron chi connectivity index (χ4n) is 11.2. The molecule has 4 nitrogen and oxygen atoms in total. The largest absolute Gasteiger partial charge is 0.490 e. The maximum absolute atomic E-state index is 6.78. The van der Waals surface area contributed by atoms with Crippen molar-refractivity contribution in [2.75, 3.05) is 26.4 Å². The fraction of sp³-hybridized carbons (Fsp3) is 0.812. The lowest BCUT2D eigenvalue weighted by Crippen LogP contribution is -2.49. The van der Waals surface area contributed by atoms with Crippen LogP contribution >= 0.6 is 0 Å². The molecule has 0 N–H and O–H groups in total. The summed E-state index contributed by atoms with van der Waals surface area (Å²) < 4.78 is 24.8. The molecule has 0 aromatic heterocycles. The minimum atomic E-state index is 0.244.